The van der Waals surface area contributed by atoms with Gasteiger partial charge in [0.15, 0.2) is 11.5 Å². The van der Waals surface area contributed by atoms with Gasteiger partial charge < -0.3 is 14.8 Å². The Bertz CT molecular complexity index is 368. The number of hydrogen-bond donors (Lipinski definition) is 1. The molecule has 0 fully saturated rings. The van der Waals surface area contributed by atoms with Gasteiger partial charge in [0.1, 0.15) is 6.61 Å². The highest BCUT2D eigenvalue weighted by Gasteiger charge is 2.22. The van der Waals surface area contributed by atoms with Crippen LogP contribution in [0.4, 0.5) is 0 Å². The second-order valence-corrected chi connectivity index (χ2v) is 4.51. The van der Waals surface area contributed by atoms with Crippen molar-refractivity contribution in [3.63, 3.8) is 0 Å². The molecule has 0 bridgehead atoms. The molecule has 1 aromatic carbocycles. The lowest BCUT2D eigenvalue weighted by molar-refractivity contribution is 0.233. The van der Waals surface area contributed by atoms with Crippen molar-refractivity contribution >= 4 is 15.9 Å². The molecule has 1 heterocycles. The number of halogens is 1. The van der Waals surface area contributed by atoms with Crippen molar-refractivity contribution in [2.45, 2.75) is 12.5 Å². The molecular formula is C11H14BrNO2. The predicted octanol–water partition coefficient (Wildman–Crippen LogP) is 1.98. The van der Waals surface area contributed by atoms with Gasteiger partial charge in [0.25, 0.3) is 0 Å². The summed E-state index contributed by atoms with van der Waals surface area (Å²) in [4.78, 5) is 0. The van der Waals surface area contributed by atoms with Crippen LogP contribution in [0.2, 0.25) is 0 Å². The minimum atomic E-state index is 0.386. The van der Waals surface area contributed by atoms with E-state index < -0.39 is 0 Å². The normalized spacial score (nSPS) is 19.3. The maximum absolute atomic E-state index is 5.70. The summed E-state index contributed by atoms with van der Waals surface area (Å²) in [7, 11) is 3.61. The minimum Gasteiger partial charge on any atom is -0.493 e. The van der Waals surface area contributed by atoms with Gasteiger partial charge in [0.05, 0.1) is 7.11 Å². The highest BCUT2D eigenvalue weighted by atomic mass is 79.9. The van der Waals surface area contributed by atoms with E-state index in [-0.39, 0.29) is 0 Å². The van der Waals surface area contributed by atoms with Gasteiger partial charge in [-0.1, -0.05) is 15.9 Å². The fourth-order valence-electron chi connectivity index (χ4n) is 1.78. The van der Waals surface area contributed by atoms with Gasteiger partial charge in [-0.2, -0.15) is 0 Å². The number of benzene rings is 1. The lowest BCUT2D eigenvalue weighted by Gasteiger charge is -2.26. The lowest BCUT2D eigenvalue weighted by Crippen LogP contribution is -2.36. The van der Waals surface area contributed by atoms with E-state index in [2.05, 4.69) is 27.3 Å². The average molecular weight is 272 g/mol. The highest BCUT2D eigenvalue weighted by molar-refractivity contribution is 9.10. The second-order valence-electron chi connectivity index (χ2n) is 3.60. The molecule has 1 aliphatic rings. The van der Waals surface area contributed by atoms with Crippen LogP contribution in [0.5, 0.6) is 11.5 Å². The zero-order valence-corrected chi connectivity index (χ0v) is 10.4. The molecule has 82 valence electrons. The van der Waals surface area contributed by atoms with Crippen LogP contribution >= 0.6 is 15.9 Å². The third kappa shape index (κ3) is 2.11. The summed E-state index contributed by atoms with van der Waals surface area (Å²) in [5.41, 5.74) is 1.19. The summed E-state index contributed by atoms with van der Waals surface area (Å²) in [5, 5.41) is 3.22. The molecule has 1 N–H and O–H groups in total. The van der Waals surface area contributed by atoms with Crippen molar-refractivity contribution in [1.29, 1.82) is 0 Å². The van der Waals surface area contributed by atoms with Crippen molar-refractivity contribution in [2.75, 3.05) is 20.8 Å². The van der Waals surface area contributed by atoms with E-state index in [1.165, 1.54) is 5.56 Å². The smallest absolute Gasteiger partial charge is 0.164 e. The molecule has 2 rings (SSSR count). The van der Waals surface area contributed by atoms with Gasteiger partial charge in [-0.3, -0.25) is 0 Å². The molecule has 3 nitrogen and oxygen atoms in total. The fraction of sp³-hybridized carbons (Fsp3) is 0.455. The molecule has 1 aliphatic heterocycles. The molecular weight excluding hydrogens is 258 g/mol. The third-order valence-corrected chi connectivity index (χ3v) is 3.08. The van der Waals surface area contributed by atoms with E-state index >= 15 is 0 Å². The maximum Gasteiger partial charge on any atom is 0.164 e. The Balaban J connectivity index is 2.38. The summed E-state index contributed by atoms with van der Waals surface area (Å²) in [6, 6.07) is 4.40. The molecule has 0 unspecified atom stereocenters. The van der Waals surface area contributed by atoms with Crippen LogP contribution in [0.1, 0.15) is 5.56 Å². The van der Waals surface area contributed by atoms with E-state index in [9.17, 15) is 0 Å². The predicted molar refractivity (Wildman–Crippen MR) is 62.7 cm³/mol. The van der Waals surface area contributed by atoms with Crippen LogP contribution in [-0.4, -0.2) is 26.8 Å². The van der Waals surface area contributed by atoms with E-state index in [1.807, 2.05) is 13.1 Å². The van der Waals surface area contributed by atoms with Gasteiger partial charge in [-0.05, 0) is 25.6 Å². The largest absolute Gasteiger partial charge is 0.493 e. The second kappa shape index (κ2) is 4.41. The molecule has 0 saturated carbocycles. The van der Waals surface area contributed by atoms with Gasteiger partial charge in [-0.25, -0.2) is 0 Å². The van der Waals surface area contributed by atoms with Gasteiger partial charge in [0, 0.05) is 16.1 Å². The fourth-order valence-corrected chi connectivity index (χ4v) is 2.27. The maximum atomic E-state index is 5.70. The van der Waals surface area contributed by atoms with Crippen LogP contribution in [0, 0.1) is 0 Å². The van der Waals surface area contributed by atoms with E-state index in [0.717, 1.165) is 22.4 Å². The summed E-state index contributed by atoms with van der Waals surface area (Å²) in [6.07, 6.45) is 0.974. The first-order valence-corrected chi connectivity index (χ1v) is 5.70. The Morgan fingerprint density at radius 3 is 3.00 bits per heavy atom. The van der Waals surface area contributed by atoms with E-state index in [4.69, 9.17) is 9.47 Å². The molecule has 0 spiro atoms. The zero-order valence-electron chi connectivity index (χ0n) is 8.84. The molecule has 0 aliphatic carbocycles. The van der Waals surface area contributed by atoms with Crippen LogP contribution < -0.4 is 14.8 Å². The number of hydrogen-bond acceptors (Lipinski definition) is 3. The van der Waals surface area contributed by atoms with Crippen molar-refractivity contribution in [3.05, 3.63) is 22.2 Å². The molecule has 0 aromatic heterocycles. The number of fused-ring (bicyclic) bond motifs is 1. The summed E-state index contributed by atoms with van der Waals surface area (Å²) in [6.45, 7) is 0.696. The molecule has 15 heavy (non-hydrogen) atoms. The van der Waals surface area contributed by atoms with Crippen LogP contribution in [-0.2, 0) is 6.42 Å². The van der Waals surface area contributed by atoms with Crippen molar-refractivity contribution in [1.82, 2.24) is 5.32 Å². The first-order chi connectivity index (χ1) is 7.24. The van der Waals surface area contributed by atoms with Crippen molar-refractivity contribution in [3.8, 4) is 11.5 Å². The van der Waals surface area contributed by atoms with Gasteiger partial charge in [0.2, 0.25) is 0 Å². The van der Waals surface area contributed by atoms with Crippen LogP contribution in [0.25, 0.3) is 0 Å². The molecule has 0 saturated heterocycles. The Kier molecular flexibility index (Phi) is 3.17. The first kappa shape index (κ1) is 10.8. The van der Waals surface area contributed by atoms with Crippen molar-refractivity contribution in [2.24, 2.45) is 0 Å². The topological polar surface area (TPSA) is 30.5 Å². The SMILES string of the molecule is CN[C@H]1COc2c(cc(Br)cc2OC)C1. The number of ether oxygens (including phenoxy) is 2. The summed E-state index contributed by atoms with van der Waals surface area (Å²) in [5.74, 6) is 1.68. The number of methoxy groups -OCH3 is 1. The van der Waals surface area contributed by atoms with Gasteiger partial charge in [-0.15, -0.1) is 0 Å². The average Bonchev–Trinajstić information content (AvgIpc) is 2.26. The first-order valence-electron chi connectivity index (χ1n) is 4.91. The van der Waals surface area contributed by atoms with E-state index in [0.29, 0.717) is 12.6 Å². The van der Waals surface area contributed by atoms with Crippen LogP contribution in [0.15, 0.2) is 16.6 Å². The molecule has 1 aromatic rings. The Morgan fingerprint density at radius 2 is 2.33 bits per heavy atom. The summed E-state index contributed by atoms with van der Waals surface area (Å²) >= 11 is 3.47. The zero-order chi connectivity index (χ0) is 10.8. The highest BCUT2D eigenvalue weighted by Crippen LogP contribution is 2.37. The third-order valence-electron chi connectivity index (χ3n) is 2.62. The standard InChI is InChI=1S/C11H14BrNO2/c1-13-9-4-7-3-8(12)5-10(14-2)11(7)15-6-9/h3,5,9,13H,4,6H2,1-2H3/t9-/m1/s1. The lowest BCUT2D eigenvalue weighted by atomic mass is 10.0. The quantitative estimate of drug-likeness (QED) is 0.893. The summed E-state index contributed by atoms with van der Waals surface area (Å²) < 4.78 is 12.0. The number of rotatable bonds is 2. The van der Waals surface area contributed by atoms with Gasteiger partial charge >= 0.3 is 0 Å². The monoisotopic (exact) mass is 271 g/mol. The molecule has 4 heteroatoms. The van der Waals surface area contributed by atoms with E-state index in [1.54, 1.807) is 7.11 Å². The number of likely N-dealkylation sites (N-methyl/N-ethyl adjacent to an activating group) is 1. The van der Waals surface area contributed by atoms with Crippen molar-refractivity contribution < 1.29 is 9.47 Å². The molecule has 1 atom stereocenters. The Labute approximate surface area is 97.9 Å². The number of nitrogens with one attached hydrogen (secondary N) is 1. The minimum absolute atomic E-state index is 0.386. The Hall–Kier alpha value is -0.740. The molecule has 0 radical (unpaired) electrons. The van der Waals surface area contributed by atoms with Crippen LogP contribution in [0.3, 0.4) is 0 Å². The Morgan fingerprint density at radius 1 is 1.53 bits per heavy atom. The molecule has 0 amide bonds.